The summed E-state index contributed by atoms with van der Waals surface area (Å²) in [6, 6.07) is 4.41. The molecular weight excluding hydrogens is 230 g/mol. The number of hydrogen-bond donors (Lipinski definition) is 1. The molecule has 0 aliphatic carbocycles. The van der Waals surface area contributed by atoms with Gasteiger partial charge in [-0.05, 0) is 46.2 Å². The third-order valence-corrected chi connectivity index (χ3v) is 4.21. The Hall–Kier alpha value is -0.380. The maximum absolute atomic E-state index is 5.90. The fraction of sp³-hybridized carbons (Fsp3) is 0.714. The van der Waals surface area contributed by atoms with Crippen molar-refractivity contribution in [3.05, 3.63) is 21.9 Å². The highest BCUT2D eigenvalue weighted by Crippen LogP contribution is 2.37. The van der Waals surface area contributed by atoms with Crippen LogP contribution in [-0.4, -0.2) is 18.7 Å². The molecule has 1 aromatic rings. The van der Waals surface area contributed by atoms with Crippen LogP contribution in [-0.2, 0) is 4.74 Å². The SMILES string of the molecule is Cc1ccc(C2OCCC2CNC(C)(C)C)s1. The molecule has 0 bridgehead atoms. The van der Waals surface area contributed by atoms with E-state index in [4.69, 9.17) is 4.74 Å². The molecule has 1 aromatic heterocycles. The summed E-state index contributed by atoms with van der Waals surface area (Å²) in [6.07, 6.45) is 1.48. The summed E-state index contributed by atoms with van der Waals surface area (Å²) < 4.78 is 5.90. The standard InChI is InChI=1S/C14H23NOS/c1-10-5-6-12(17-10)13-11(7-8-16-13)9-15-14(2,3)4/h5-6,11,13,15H,7-9H2,1-4H3. The van der Waals surface area contributed by atoms with Gasteiger partial charge in [0.1, 0.15) is 0 Å². The number of thiophene rings is 1. The first-order chi connectivity index (χ1) is 7.96. The fourth-order valence-corrected chi connectivity index (χ4v) is 3.22. The van der Waals surface area contributed by atoms with Crippen molar-refractivity contribution in [1.29, 1.82) is 0 Å². The summed E-state index contributed by atoms with van der Waals surface area (Å²) in [4.78, 5) is 2.76. The summed E-state index contributed by atoms with van der Waals surface area (Å²) in [7, 11) is 0. The Labute approximate surface area is 108 Å². The average molecular weight is 253 g/mol. The summed E-state index contributed by atoms with van der Waals surface area (Å²) >= 11 is 1.87. The molecule has 0 radical (unpaired) electrons. The maximum atomic E-state index is 5.90. The van der Waals surface area contributed by atoms with Crippen molar-refractivity contribution in [3.8, 4) is 0 Å². The second kappa shape index (κ2) is 5.09. The van der Waals surface area contributed by atoms with Gasteiger partial charge in [-0.25, -0.2) is 0 Å². The highest BCUT2D eigenvalue weighted by atomic mass is 32.1. The quantitative estimate of drug-likeness (QED) is 0.890. The van der Waals surface area contributed by atoms with Gasteiger partial charge in [-0.2, -0.15) is 0 Å². The molecule has 0 aromatic carbocycles. The van der Waals surface area contributed by atoms with Gasteiger partial charge in [0.2, 0.25) is 0 Å². The lowest BCUT2D eigenvalue weighted by Gasteiger charge is -2.25. The van der Waals surface area contributed by atoms with Crippen molar-refractivity contribution < 1.29 is 4.74 Å². The van der Waals surface area contributed by atoms with Crippen LogP contribution in [0.3, 0.4) is 0 Å². The third-order valence-electron chi connectivity index (χ3n) is 3.15. The smallest absolute Gasteiger partial charge is 0.0957 e. The van der Waals surface area contributed by atoms with Gasteiger partial charge in [-0.1, -0.05) is 0 Å². The van der Waals surface area contributed by atoms with Crippen molar-refractivity contribution >= 4 is 11.3 Å². The summed E-state index contributed by atoms with van der Waals surface area (Å²) in [5.41, 5.74) is 0.193. The Balaban J connectivity index is 1.98. The lowest BCUT2D eigenvalue weighted by Crippen LogP contribution is -2.39. The molecule has 1 N–H and O–H groups in total. The van der Waals surface area contributed by atoms with Crippen molar-refractivity contribution in [2.24, 2.45) is 5.92 Å². The zero-order valence-electron chi connectivity index (χ0n) is 11.2. The number of ether oxygens (including phenoxy) is 1. The molecule has 1 fully saturated rings. The van der Waals surface area contributed by atoms with E-state index >= 15 is 0 Å². The van der Waals surface area contributed by atoms with E-state index in [1.165, 1.54) is 16.2 Å². The second-order valence-corrected chi connectivity index (χ2v) is 7.24. The molecule has 1 aliphatic rings. The van der Waals surface area contributed by atoms with Gasteiger partial charge in [0, 0.05) is 34.4 Å². The molecule has 2 heterocycles. The lowest BCUT2D eigenvalue weighted by molar-refractivity contribution is 0.0918. The van der Waals surface area contributed by atoms with Crippen molar-refractivity contribution in [1.82, 2.24) is 5.32 Å². The largest absolute Gasteiger partial charge is 0.372 e. The van der Waals surface area contributed by atoms with E-state index in [1.807, 2.05) is 11.3 Å². The van der Waals surface area contributed by atoms with Gasteiger partial charge >= 0.3 is 0 Å². The molecule has 3 heteroatoms. The predicted molar refractivity (Wildman–Crippen MR) is 73.6 cm³/mol. The van der Waals surface area contributed by atoms with Gasteiger partial charge in [0.25, 0.3) is 0 Å². The highest BCUT2D eigenvalue weighted by molar-refractivity contribution is 7.12. The summed E-state index contributed by atoms with van der Waals surface area (Å²) in [6.45, 7) is 10.8. The maximum Gasteiger partial charge on any atom is 0.0957 e. The van der Waals surface area contributed by atoms with Crippen LogP contribution in [0.2, 0.25) is 0 Å². The van der Waals surface area contributed by atoms with E-state index in [2.05, 4.69) is 45.1 Å². The zero-order chi connectivity index (χ0) is 12.5. The van der Waals surface area contributed by atoms with Crippen LogP contribution in [0.15, 0.2) is 12.1 Å². The Morgan fingerprint density at radius 3 is 2.76 bits per heavy atom. The minimum Gasteiger partial charge on any atom is -0.372 e. The number of nitrogens with one attached hydrogen (secondary N) is 1. The minimum absolute atomic E-state index is 0.193. The molecule has 2 unspecified atom stereocenters. The van der Waals surface area contributed by atoms with Gasteiger partial charge in [0.15, 0.2) is 0 Å². The fourth-order valence-electron chi connectivity index (χ4n) is 2.20. The molecule has 1 saturated heterocycles. The third kappa shape index (κ3) is 3.54. The van der Waals surface area contributed by atoms with Crippen LogP contribution < -0.4 is 5.32 Å². The van der Waals surface area contributed by atoms with E-state index in [0.717, 1.165) is 13.2 Å². The first-order valence-corrected chi connectivity index (χ1v) is 7.20. The molecule has 0 saturated carbocycles. The molecule has 2 rings (SSSR count). The first-order valence-electron chi connectivity index (χ1n) is 6.39. The van der Waals surface area contributed by atoms with Gasteiger partial charge in [-0.15, -0.1) is 11.3 Å². The summed E-state index contributed by atoms with van der Waals surface area (Å²) in [5.74, 6) is 0.618. The van der Waals surface area contributed by atoms with Crippen LogP contribution in [0.4, 0.5) is 0 Å². The van der Waals surface area contributed by atoms with Crippen LogP contribution in [0, 0.1) is 12.8 Å². The van der Waals surface area contributed by atoms with E-state index in [1.54, 1.807) is 0 Å². The van der Waals surface area contributed by atoms with Crippen LogP contribution in [0.25, 0.3) is 0 Å². The van der Waals surface area contributed by atoms with E-state index < -0.39 is 0 Å². The average Bonchev–Trinajstić information content (AvgIpc) is 2.81. The van der Waals surface area contributed by atoms with Gasteiger partial charge < -0.3 is 10.1 Å². The Morgan fingerprint density at radius 1 is 1.41 bits per heavy atom. The Kier molecular flexibility index (Phi) is 3.91. The number of rotatable bonds is 3. The zero-order valence-corrected chi connectivity index (χ0v) is 12.1. The van der Waals surface area contributed by atoms with Crippen molar-refractivity contribution in [2.45, 2.75) is 45.8 Å². The molecule has 2 atom stereocenters. The number of hydrogen-bond acceptors (Lipinski definition) is 3. The Morgan fingerprint density at radius 2 is 2.18 bits per heavy atom. The van der Waals surface area contributed by atoms with Crippen LogP contribution in [0.5, 0.6) is 0 Å². The van der Waals surface area contributed by atoms with Crippen LogP contribution in [0.1, 0.15) is 43.1 Å². The normalized spacial score (nSPS) is 25.4. The van der Waals surface area contributed by atoms with Crippen LogP contribution >= 0.6 is 11.3 Å². The van der Waals surface area contributed by atoms with Crippen molar-refractivity contribution in [3.63, 3.8) is 0 Å². The second-order valence-electron chi connectivity index (χ2n) is 5.92. The topological polar surface area (TPSA) is 21.3 Å². The summed E-state index contributed by atoms with van der Waals surface area (Å²) in [5, 5.41) is 3.59. The molecule has 96 valence electrons. The van der Waals surface area contributed by atoms with E-state index in [0.29, 0.717) is 12.0 Å². The number of aryl methyl sites for hydroxylation is 1. The van der Waals surface area contributed by atoms with E-state index in [-0.39, 0.29) is 5.54 Å². The minimum atomic E-state index is 0.193. The molecule has 0 spiro atoms. The first kappa shape index (κ1) is 13.1. The molecule has 2 nitrogen and oxygen atoms in total. The predicted octanol–water partition coefficient (Wildman–Crippen LogP) is 3.52. The highest BCUT2D eigenvalue weighted by Gasteiger charge is 2.31. The lowest BCUT2D eigenvalue weighted by atomic mass is 9.98. The molecule has 0 amide bonds. The van der Waals surface area contributed by atoms with Gasteiger partial charge in [-0.3, -0.25) is 0 Å². The Bertz CT molecular complexity index is 367. The van der Waals surface area contributed by atoms with E-state index in [9.17, 15) is 0 Å². The van der Waals surface area contributed by atoms with Gasteiger partial charge in [0.05, 0.1) is 6.10 Å². The monoisotopic (exact) mass is 253 g/mol. The molecular formula is C14H23NOS. The van der Waals surface area contributed by atoms with Crippen molar-refractivity contribution in [2.75, 3.05) is 13.2 Å². The molecule has 17 heavy (non-hydrogen) atoms. The molecule has 1 aliphatic heterocycles.